The number of aryl methyl sites for hydroxylation is 1. The largest absolute Gasteiger partial charge is 0.393 e. The topological polar surface area (TPSA) is 65.7 Å². The van der Waals surface area contributed by atoms with Crippen LogP contribution in [0, 0.1) is 0 Å². The van der Waals surface area contributed by atoms with Gasteiger partial charge in [-0.2, -0.15) is 0 Å². The van der Waals surface area contributed by atoms with E-state index in [4.69, 9.17) is 9.57 Å². The maximum Gasteiger partial charge on any atom is 0.212 e. The Morgan fingerprint density at radius 2 is 2.00 bits per heavy atom. The van der Waals surface area contributed by atoms with Crippen molar-refractivity contribution in [3.8, 4) is 0 Å². The second-order valence-corrected chi connectivity index (χ2v) is 4.69. The fraction of sp³-hybridized carbons (Fsp3) is 0.267. The Bertz CT molecular complexity index is 719. The molecule has 0 bridgehead atoms. The van der Waals surface area contributed by atoms with E-state index >= 15 is 0 Å². The van der Waals surface area contributed by atoms with Gasteiger partial charge < -0.3 is 14.1 Å². The highest BCUT2D eigenvalue weighted by molar-refractivity contribution is 6.28. The van der Waals surface area contributed by atoms with E-state index < -0.39 is 0 Å². The number of ether oxygens (including phenoxy) is 1. The zero-order chi connectivity index (χ0) is 14.8. The van der Waals surface area contributed by atoms with Gasteiger partial charge in [-0.3, -0.25) is 4.79 Å². The quantitative estimate of drug-likeness (QED) is 0.536. The minimum Gasteiger partial charge on any atom is -0.393 e. The number of carbonyl (C=O) groups is 1. The molecule has 0 atom stereocenters. The van der Waals surface area contributed by atoms with Crippen LogP contribution in [-0.2, 0) is 16.6 Å². The van der Waals surface area contributed by atoms with Crippen molar-refractivity contribution in [3.05, 3.63) is 53.1 Å². The van der Waals surface area contributed by atoms with Gasteiger partial charge in [0, 0.05) is 25.3 Å². The van der Waals surface area contributed by atoms with Crippen LogP contribution in [0.15, 0.2) is 35.7 Å². The van der Waals surface area contributed by atoms with Gasteiger partial charge in [-0.15, -0.1) is 0 Å². The molecule has 0 unspecified atom stereocenters. The molecule has 0 fully saturated rings. The van der Waals surface area contributed by atoms with Gasteiger partial charge in [0.25, 0.3) is 0 Å². The lowest BCUT2D eigenvalue weighted by Crippen LogP contribution is -2.23. The first-order valence-corrected chi connectivity index (χ1v) is 6.58. The first-order chi connectivity index (χ1) is 10.2. The Balaban J connectivity index is 2.08. The lowest BCUT2D eigenvalue weighted by Gasteiger charge is -2.17. The smallest absolute Gasteiger partial charge is 0.212 e. The fourth-order valence-corrected chi connectivity index (χ4v) is 2.34. The van der Waals surface area contributed by atoms with E-state index in [1.165, 1.54) is 0 Å². The van der Waals surface area contributed by atoms with Crippen molar-refractivity contribution in [2.45, 2.75) is 0 Å². The summed E-state index contributed by atoms with van der Waals surface area (Å²) in [6, 6.07) is 7.34. The molecule has 1 aliphatic carbocycles. The number of methoxy groups -OCH3 is 1. The summed E-state index contributed by atoms with van der Waals surface area (Å²) in [7, 11) is 3.39. The average molecular weight is 285 g/mol. The number of carbonyl (C=O) groups excluding carboxylic acids is 1. The van der Waals surface area contributed by atoms with Gasteiger partial charge in [0.1, 0.15) is 23.7 Å². The number of ketones is 1. The van der Waals surface area contributed by atoms with Gasteiger partial charge in [-0.1, -0.05) is 29.4 Å². The first-order valence-electron chi connectivity index (χ1n) is 6.58. The number of fused-ring (bicyclic) bond motifs is 2. The SMILES string of the molecule is COCCO/N=C1\c2ccccc2C(=O)c2c1ncn2C. The summed E-state index contributed by atoms with van der Waals surface area (Å²) in [5.74, 6) is -0.0450. The van der Waals surface area contributed by atoms with Crippen LogP contribution in [0.1, 0.15) is 27.3 Å². The third-order valence-electron chi connectivity index (χ3n) is 3.34. The molecule has 1 heterocycles. The molecule has 1 aliphatic rings. The highest BCUT2D eigenvalue weighted by Gasteiger charge is 2.32. The molecule has 2 aromatic rings. The number of benzene rings is 1. The van der Waals surface area contributed by atoms with E-state index in [0.29, 0.717) is 35.9 Å². The summed E-state index contributed by atoms with van der Waals surface area (Å²) in [5.41, 5.74) is 3.02. The van der Waals surface area contributed by atoms with E-state index in [1.807, 2.05) is 18.2 Å². The Morgan fingerprint density at radius 1 is 1.24 bits per heavy atom. The molecule has 1 aromatic carbocycles. The van der Waals surface area contributed by atoms with Crippen LogP contribution in [0.2, 0.25) is 0 Å². The number of oxime groups is 1. The lowest BCUT2D eigenvalue weighted by molar-refractivity contribution is 0.0752. The molecule has 3 rings (SSSR count). The van der Waals surface area contributed by atoms with Crippen molar-refractivity contribution in [1.29, 1.82) is 0 Å². The van der Waals surface area contributed by atoms with Crippen molar-refractivity contribution in [2.75, 3.05) is 20.3 Å². The predicted octanol–water partition coefficient (Wildman–Crippen LogP) is 1.38. The van der Waals surface area contributed by atoms with Crippen LogP contribution in [-0.4, -0.2) is 41.4 Å². The number of nitrogens with zero attached hydrogens (tertiary/aromatic N) is 3. The Hall–Kier alpha value is -2.47. The second-order valence-electron chi connectivity index (χ2n) is 4.69. The summed E-state index contributed by atoms with van der Waals surface area (Å²) >= 11 is 0. The van der Waals surface area contributed by atoms with Crippen molar-refractivity contribution < 1.29 is 14.4 Å². The fourth-order valence-electron chi connectivity index (χ4n) is 2.34. The predicted molar refractivity (Wildman–Crippen MR) is 76.5 cm³/mol. The monoisotopic (exact) mass is 285 g/mol. The number of hydrogen-bond acceptors (Lipinski definition) is 5. The first kappa shape index (κ1) is 13.5. The highest BCUT2D eigenvalue weighted by atomic mass is 16.6. The van der Waals surface area contributed by atoms with Gasteiger partial charge in [0.15, 0.2) is 0 Å². The minimum atomic E-state index is -0.0450. The van der Waals surface area contributed by atoms with E-state index in [0.717, 1.165) is 5.56 Å². The summed E-state index contributed by atoms with van der Waals surface area (Å²) in [6.45, 7) is 0.796. The van der Waals surface area contributed by atoms with Crippen LogP contribution in [0.5, 0.6) is 0 Å². The summed E-state index contributed by atoms with van der Waals surface area (Å²) in [4.78, 5) is 22.1. The summed E-state index contributed by atoms with van der Waals surface area (Å²) in [5, 5.41) is 4.16. The molecule has 1 aromatic heterocycles. The molecule has 6 heteroatoms. The molecular weight excluding hydrogens is 270 g/mol. The summed E-state index contributed by atoms with van der Waals surface area (Å²) < 4.78 is 6.63. The second kappa shape index (κ2) is 5.49. The molecule has 0 saturated heterocycles. The number of rotatable bonds is 4. The minimum absolute atomic E-state index is 0.0450. The molecule has 0 spiro atoms. The van der Waals surface area contributed by atoms with Crippen LogP contribution in [0.3, 0.4) is 0 Å². The van der Waals surface area contributed by atoms with Crippen LogP contribution in [0.25, 0.3) is 0 Å². The van der Waals surface area contributed by atoms with Crippen molar-refractivity contribution in [1.82, 2.24) is 9.55 Å². The van der Waals surface area contributed by atoms with Gasteiger partial charge in [-0.05, 0) is 0 Å². The zero-order valence-electron chi connectivity index (χ0n) is 11.9. The zero-order valence-corrected chi connectivity index (χ0v) is 11.9. The number of imidazole rings is 1. The van der Waals surface area contributed by atoms with Crippen LogP contribution in [0.4, 0.5) is 0 Å². The molecule has 0 aliphatic heterocycles. The van der Waals surface area contributed by atoms with Gasteiger partial charge in [0.2, 0.25) is 5.78 Å². The van der Waals surface area contributed by atoms with Crippen molar-refractivity contribution in [2.24, 2.45) is 12.2 Å². The Labute approximate surface area is 122 Å². The van der Waals surface area contributed by atoms with Crippen LogP contribution < -0.4 is 0 Å². The van der Waals surface area contributed by atoms with Gasteiger partial charge in [-0.25, -0.2) is 4.98 Å². The maximum atomic E-state index is 12.5. The molecule has 0 saturated carbocycles. The van der Waals surface area contributed by atoms with E-state index in [-0.39, 0.29) is 5.78 Å². The lowest BCUT2D eigenvalue weighted by atomic mass is 9.89. The van der Waals surface area contributed by atoms with E-state index in [2.05, 4.69) is 10.1 Å². The normalized spacial score (nSPS) is 15.0. The third kappa shape index (κ3) is 2.23. The van der Waals surface area contributed by atoms with E-state index in [1.54, 1.807) is 31.1 Å². The third-order valence-corrected chi connectivity index (χ3v) is 3.34. The Morgan fingerprint density at radius 3 is 2.76 bits per heavy atom. The van der Waals surface area contributed by atoms with Crippen molar-refractivity contribution >= 4 is 11.5 Å². The van der Waals surface area contributed by atoms with Crippen molar-refractivity contribution in [3.63, 3.8) is 0 Å². The maximum absolute atomic E-state index is 12.5. The Kier molecular flexibility index (Phi) is 3.53. The molecule has 6 nitrogen and oxygen atoms in total. The van der Waals surface area contributed by atoms with Crippen LogP contribution >= 0.6 is 0 Å². The highest BCUT2D eigenvalue weighted by Crippen LogP contribution is 2.26. The standard InChI is InChI=1S/C15H15N3O3/c1-18-9-16-13-12(17-21-8-7-20-2)10-5-3-4-6-11(10)15(19)14(13)18/h3-6,9H,7-8H2,1-2H3/b17-12+. The van der Waals surface area contributed by atoms with Gasteiger partial charge >= 0.3 is 0 Å². The van der Waals surface area contributed by atoms with E-state index in [9.17, 15) is 4.79 Å². The molecule has 0 N–H and O–H groups in total. The molecular formula is C15H15N3O3. The number of aromatic nitrogens is 2. The van der Waals surface area contributed by atoms with Gasteiger partial charge in [0.05, 0.1) is 12.9 Å². The average Bonchev–Trinajstić information content (AvgIpc) is 2.89. The molecule has 108 valence electrons. The molecule has 0 radical (unpaired) electrons. The molecule has 21 heavy (non-hydrogen) atoms. The summed E-state index contributed by atoms with van der Waals surface area (Å²) in [6.07, 6.45) is 1.61. The molecule has 0 amide bonds. The number of hydrogen-bond donors (Lipinski definition) is 0.